The maximum absolute atomic E-state index is 14.1. The summed E-state index contributed by atoms with van der Waals surface area (Å²) in [5.41, 5.74) is 1.64. The lowest BCUT2D eigenvalue weighted by molar-refractivity contribution is 0.195. The molecule has 202 valence electrons. The van der Waals surface area contributed by atoms with Gasteiger partial charge in [-0.05, 0) is 58.0 Å². The molecule has 0 aliphatic rings. The summed E-state index contributed by atoms with van der Waals surface area (Å²) in [5.74, 6) is -0.515. The van der Waals surface area contributed by atoms with Crippen LogP contribution in [-0.4, -0.2) is 46.7 Å². The Morgan fingerprint density at radius 3 is 1.97 bits per heavy atom. The highest BCUT2D eigenvalue weighted by molar-refractivity contribution is 7.72. The van der Waals surface area contributed by atoms with Crippen LogP contribution in [0.2, 0.25) is 0 Å². The first-order valence-corrected chi connectivity index (χ1v) is 15.3. The third-order valence-electron chi connectivity index (χ3n) is 5.43. The largest absolute Gasteiger partial charge is 0.507 e. The van der Waals surface area contributed by atoms with Crippen molar-refractivity contribution in [3.63, 3.8) is 0 Å². The van der Waals surface area contributed by atoms with E-state index in [0.717, 1.165) is 0 Å². The van der Waals surface area contributed by atoms with E-state index in [2.05, 4.69) is 5.10 Å². The Labute approximate surface area is 216 Å². The Bertz CT molecular complexity index is 1230. The van der Waals surface area contributed by atoms with Crippen LogP contribution >= 0.6 is 15.2 Å². The first-order chi connectivity index (χ1) is 17.7. The first kappa shape index (κ1) is 29.2. The van der Waals surface area contributed by atoms with Gasteiger partial charge in [-0.3, -0.25) is 9.13 Å². The van der Waals surface area contributed by atoms with Crippen molar-refractivity contribution in [2.24, 2.45) is 0 Å². The highest BCUT2D eigenvalue weighted by Crippen LogP contribution is 2.71. The van der Waals surface area contributed by atoms with Gasteiger partial charge in [0.1, 0.15) is 11.6 Å². The normalized spacial score (nSPS) is 12.4. The third kappa shape index (κ3) is 6.58. The van der Waals surface area contributed by atoms with Crippen LogP contribution in [0, 0.1) is 5.82 Å². The number of hydrogen-bond donors (Lipinski definition) is 1. The molecule has 0 aliphatic heterocycles. The minimum Gasteiger partial charge on any atom is -0.507 e. The molecule has 37 heavy (non-hydrogen) atoms. The summed E-state index contributed by atoms with van der Waals surface area (Å²) >= 11 is 0. The second-order valence-electron chi connectivity index (χ2n) is 7.86. The van der Waals surface area contributed by atoms with Crippen LogP contribution in [0.4, 0.5) is 4.39 Å². The predicted molar refractivity (Wildman–Crippen MR) is 140 cm³/mol. The molecule has 0 amide bonds. The predicted octanol–water partition coefficient (Wildman–Crippen LogP) is 6.78. The van der Waals surface area contributed by atoms with E-state index in [0.29, 0.717) is 22.5 Å². The van der Waals surface area contributed by atoms with Crippen LogP contribution < -0.4 is 0 Å². The van der Waals surface area contributed by atoms with Crippen LogP contribution in [-0.2, 0) is 33.6 Å². The first-order valence-electron chi connectivity index (χ1n) is 12.1. The Morgan fingerprint density at radius 2 is 1.46 bits per heavy atom. The van der Waals surface area contributed by atoms with Crippen molar-refractivity contribution in [1.82, 2.24) is 9.78 Å². The summed E-state index contributed by atoms with van der Waals surface area (Å²) in [6.45, 7) is 6.80. The molecule has 0 radical (unpaired) electrons. The smallest absolute Gasteiger partial charge is 0.346 e. The van der Waals surface area contributed by atoms with Crippen molar-refractivity contribution in [2.75, 3.05) is 26.4 Å². The average Bonchev–Trinajstić information content (AvgIpc) is 3.27. The van der Waals surface area contributed by atoms with Crippen molar-refractivity contribution in [1.29, 1.82) is 0 Å². The van der Waals surface area contributed by atoms with Gasteiger partial charge in [0, 0.05) is 17.5 Å². The van der Waals surface area contributed by atoms with Crippen molar-refractivity contribution < 1.29 is 36.7 Å². The fourth-order valence-corrected chi connectivity index (χ4v) is 9.33. The van der Waals surface area contributed by atoms with Gasteiger partial charge in [0.15, 0.2) is 5.40 Å². The van der Waals surface area contributed by atoms with Crippen molar-refractivity contribution in [3.8, 4) is 22.7 Å². The number of nitrogens with zero attached hydrogens (tertiary/aromatic N) is 2. The molecule has 3 aromatic rings. The fraction of sp³-hybridized carbons (Fsp3) is 0.400. The van der Waals surface area contributed by atoms with Gasteiger partial charge in [-0.15, -0.1) is 0 Å². The summed E-state index contributed by atoms with van der Waals surface area (Å²) in [7, 11) is -8.08. The van der Waals surface area contributed by atoms with Gasteiger partial charge in [-0.2, -0.15) is 5.10 Å². The lowest BCUT2D eigenvalue weighted by Crippen LogP contribution is -2.20. The Hall–Kier alpha value is -2.32. The Kier molecular flexibility index (Phi) is 10.2. The lowest BCUT2D eigenvalue weighted by Gasteiger charge is -2.31. The molecule has 0 unspecified atom stereocenters. The molecule has 1 N–H and O–H groups in total. The molecule has 0 spiro atoms. The molecule has 0 saturated carbocycles. The quantitative estimate of drug-likeness (QED) is 0.217. The fourth-order valence-electron chi connectivity index (χ4n) is 4.03. The number of rotatable bonds is 14. The highest BCUT2D eigenvalue weighted by atomic mass is 31.2. The van der Waals surface area contributed by atoms with Gasteiger partial charge in [-0.1, -0.05) is 18.2 Å². The minimum absolute atomic E-state index is 0.0426. The summed E-state index contributed by atoms with van der Waals surface area (Å²) < 4.78 is 66.0. The van der Waals surface area contributed by atoms with Gasteiger partial charge in [-0.25, -0.2) is 9.07 Å². The van der Waals surface area contributed by atoms with E-state index < -0.39 is 26.4 Å². The van der Waals surface area contributed by atoms with Crippen molar-refractivity contribution >= 4 is 15.2 Å². The molecule has 2 aromatic carbocycles. The highest BCUT2D eigenvalue weighted by Gasteiger charge is 2.51. The standard InChI is InChI=1S/C25H33FN2O7P2/c1-5-32-36(30,33-6-2)24(37(31,34-7-3)35-8-4)16-19-18-27-28(21-13-11-12-20(26)17-21)25(19)22-14-9-10-15-23(22)29/h9-15,17-18,24,29H,5-8,16H2,1-4H3. The van der Waals surface area contributed by atoms with Crippen LogP contribution in [0.3, 0.4) is 0 Å². The molecular formula is C25H33FN2O7P2. The molecule has 1 aromatic heterocycles. The molecule has 12 heteroatoms. The molecule has 9 nitrogen and oxygen atoms in total. The minimum atomic E-state index is -4.04. The number of aromatic nitrogens is 2. The SMILES string of the molecule is CCOP(=O)(OCC)C(Cc1cnn(-c2cccc(F)c2)c1-c1ccccc1O)P(=O)(OCC)OCC. The van der Waals surface area contributed by atoms with E-state index in [1.54, 1.807) is 58.0 Å². The number of para-hydroxylation sites is 1. The van der Waals surface area contributed by atoms with Crippen molar-refractivity contribution in [2.45, 2.75) is 39.5 Å². The maximum Gasteiger partial charge on any atom is 0.346 e. The zero-order valence-corrected chi connectivity index (χ0v) is 23.2. The topological polar surface area (TPSA) is 109 Å². The monoisotopic (exact) mass is 554 g/mol. The molecule has 0 atom stereocenters. The molecule has 0 bridgehead atoms. The van der Waals surface area contributed by atoms with E-state index >= 15 is 0 Å². The lowest BCUT2D eigenvalue weighted by atomic mass is 10.0. The zero-order valence-electron chi connectivity index (χ0n) is 21.4. The van der Waals surface area contributed by atoms with Gasteiger partial charge in [0.05, 0.1) is 44.0 Å². The van der Waals surface area contributed by atoms with Crippen molar-refractivity contribution in [3.05, 3.63) is 66.1 Å². The van der Waals surface area contributed by atoms with Crippen LogP contribution in [0.15, 0.2) is 54.7 Å². The number of phenolic OH excluding ortho intramolecular Hbond substituents is 1. The molecule has 0 aliphatic carbocycles. The van der Waals surface area contributed by atoms with E-state index in [-0.39, 0.29) is 38.6 Å². The molecule has 0 saturated heterocycles. The number of aromatic hydroxyl groups is 1. The van der Waals surface area contributed by atoms with E-state index in [9.17, 15) is 18.6 Å². The van der Waals surface area contributed by atoms with Gasteiger partial charge >= 0.3 is 15.2 Å². The summed E-state index contributed by atoms with van der Waals surface area (Å²) in [6.07, 6.45) is 1.34. The summed E-state index contributed by atoms with van der Waals surface area (Å²) in [5, 5.41) is 13.8. The number of halogens is 1. The average molecular weight is 554 g/mol. The molecular weight excluding hydrogens is 521 g/mol. The van der Waals surface area contributed by atoms with E-state index in [1.807, 2.05) is 0 Å². The second kappa shape index (κ2) is 13.0. The zero-order chi connectivity index (χ0) is 27.1. The third-order valence-corrected chi connectivity index (χ3v) is 11.4. The number of hydrogen-bond acceptors (Lipinski definition) is 8. The Morgan fingerprint density at radius 1 is 0.892 bits per heavy atom. The number of phenols is 1. The number of benzene rings is 2. The van der Waals surface area contributed by atoms with Gasteiger partial charge in [0.25, 0.3) is 0 Å². The van der Waals surface area contributed by atoms with Crippen LogP contribution in [0.25, 0.3) is 16.9 Å². The summed E-state index contributed by atoms with van der Waals surface area (Å²) in [4.78, 5) is 0. The van der Waals surface area contributed by atoms with E-state index in [4.69, 9.17) is 18.1 Å². The van der Waals surface area contributed by atoms with Gasteiger partial charge < -0.3 is 23.2 Å². The van der Waals surface area contributed by atoms with Crippen LogP contribution in [0.5, 0.6) is 5.75 Å². The summed E-state index contributed by atoms with van der Waals surface area (Å²) in [6, 6.07) is 12.4. The molecule has 0 fully saturated rings. The van der Waals surface area contributed by atoms with Crippen LogP contribution in [0.1, 0.15) is 33.3 Å². The second-order valence-corrected chi connectivity index (χ2v) is 12.7. The van der Waals surface area contributed by atoms with Gasteiger partial charge in [0.2, 0.25) is 0 Å². The Balaban J connectivity index is 2.26. The molecule has 3 rings (SSSR count). The van der Waals surface area contributed by atoms with E-state index in [1.165, 1.54) is 29.1 Å². The molecule has 1 heterocycles. The maximum atomic E-state index is 14.1.